The molecule has 0 N–H and O–H groups in total. The average Bonchev–Trinajstić information content (AvgIpc) is 3.45. The Labute approximate surface area is 268 Å². The highest BCUT2D eigenvalue weighted by Crippen LogP contribution is 2.43. The highest BCUT2D eigenvalue weighted by Gasteiger charge is 2.16. The van der Waals surface area contributed by atoms with E-state index >= 15 is 0 Å². The van der Waals surface area contributed by atoms with Crippen LogP contribution in [0.1, 0.15) is 11.1 Å². The van der Waals surface area contributed by atoms with Crippen molar-refractivity contribution in [1.82, 2.24) is 4.57 Å². The zero-order chi connectivity index (χ0) is 30.5. The number of para-hydroxylation sites is 2. The fourth-order valence-electron chi connectivity index (χ4n) is 7.38. The summed E-state index contributed by atoms with van der Waals surface area (Å²) in [5.74, 6) is 0. The van der Waals surface area contributed by atoms with Crippen LogP contribution in [0, 0.1) is 0 Å². The standard InChI is InChI=1S/C45H31N/c1-3-16-33(17-4-1)44-39-23-10-9-21-36(39)37(40-28-27-32-15-7-8-20-35(32)45(40)44)24-13-14-31-26-29-43-41(30-31)38-22-11-12-25-42(38)46(43)34-18-5-2-6-19-34/h1-13,15-30H,14H2/b24-13+. The Balaban J connectivity index is 1.20. The van der Waals surface area contributed by atoms with E-state index < -0.39 is 0 Å². The van der Waals surface area contributed by atoms with Crippen molar-refractivity contribution in [1.29, 1.82) is 0 Å². The minimum absolute atomic E-state index is 0.852. The lowest BCUT2D eigenvalue weighted by Crippen LogP contribution is -1.93. The lowest BCUT2D eigenvalue weighted by atomic mass is 9.86. The lowest BCUT2D eigenvalue weighted by Gasteiger charge is -2.17. The Hall–Kier alpha value is -5.92. The van der Waals surface area contributed by atoms with Crippen molar-refractivity contribution in [2.45, 2.75) is 6.42 Å². The van der Waals surface area contributed by atoms with Crippen LogP contribution in [-0.4, -0.2) is 4.57 Å². The smallest absolute Gasteiger partial charge is 0.0541 e. The summed E-state index contributed by atoms with van der Waals surface area (Å²) in [6.07, 6.45) is 5.55. The molecule has 1 nitrogen and oxygen atoms in total. The van der Waals surface area contributed by atoms with Gasteiger partial charge in [-0.1, -0.05) is 146 Å². The Morgan fingerprint density at radius 1 is 0.457 bits per heavy atom. The Morgan fingerprint density at radius 3 is 1.93 bits per heavy atom. The topological polar surface area (TPSA) is 4.93 Å². The van der Waals surface area contributed by atoms with Crippen LogP contribution in [0.4, 0.5) is 0 Å². The number of hydrogen-bond acceptors (Lipinski definition) is 0. The number of fused-ring (bicyclic) bond motifs is 7. The molecule has 9 aromatic rings. The van der Waals surface area contributed by atoms with Crippen LogP contribution < -0.4 is 0 Å². The second-order valence-corrected chi connectivity index (χ2v) is 12.1. The lowest BCUT2D eigenvalue weighted by molar-refractivity contribution is 1.18. The number of nitrogens with zero attached hydrogens (tertiary/aromatic N) is 1. The van der Waals surface area contributed by atoms with Gasteiger partial charge in [0.05, 0.1) is 11.0 Å². The van der Waals surface area contributed by atoms with E-state index in [0.717, 1.165) is 6.42 Å². The second kappa shape index (κ2) is 10.9. The number of aromatic nitrogens is 1. The number of hydrogen-bond donors (Lipinski definition) is 0. The molecular weight excluding hydrogens is 555 g/mol. The van der Waals surface area contributed by atoms with E-state index in [9.17, 15) is 0 Å². The quantitative estimate of drug-likeness (QED) is 0.140. The van der Waals surface area contributed by atoms with Gasteiger partial charge in [0.2, 0.25) is 0 Å². The number of allylic oxidation sites excluding steroid dienone is 1. The van der Waals surface area contributed by atoms with E-state index in [2.05, 4.69) is 181 Å². The van der Waals surface area contributed by atoms with Gasteiger partial charge in [-0.05, 0) is 91.3 Å². The molecule has 8 aromatic carbocycles. The fourth-order valence-corrected chi connectivity index (χ4v) is 7.38. The van der Waals surface area contributed by atoms with Crippen LogP contribution in [0.15, 0.2) is 170 Å². The summed E-state index contributed by atoms with van der Waals surface area (Å²) in [5, 5.41) is 10.3. The SMILES string of the molecule is C(=C\c1c2ccccc2c(-c2ccccc2)c2c1ccc1ccccc12)/Cc1ccc2c(c1)c1ccccc1n2-c1ccccc1. The van der Waals surface area contributed by atoms with Crippen molar-refractivity contribution in [3.63, 3.8) is 0 Å². The molecular formula is C45H31N. The Kier molecular flexibility index (Phi) is 6.28. The first-order valence-corrected chi connectivity index (χ1v) is 16.0. The zero-order valence-corrected chi connectivity index (χ0v) is 25.4. The van der Waals surface area contributed by atoms with Gasteiger partial charge in [0.25, 0.3) is 0 Å². The van der Waals surface area contributed by atoms with Crippen LogP contribution >= 0.6 is 0 Å². The second-order valence-electron chi connectivity index (χ2n) is 12.1. The van der Waals surface area contributed by atoms with Gasteiger partial charge in [-0.15, -0.1) is 0 Å². The molecule has 1 heterocycles. The van der Waals surface area contributed by atoms with Gasteiger partial charge in [0, 0.05) is 16.5 Å². The highest BCUT2D eigenvalue weighted by atomic mass is 15.0. The summed E-state index contributed by atoms with van der Waals surface area (Å²) in [5.41, 5.74) is 8.79. The molecule has 0 spiro atoms. The van der Waals surface area contributed by atoms with E-state index in [1.807, 2.05) is 0 Å². The molecule has 0 amide bonds. The normalized spacial score (nSPS) is 11.9. The van der Waals surface area contributed by atoms with Gasteiger partial charge in [0.1, 0.15) is 0 Å². The van der Waals surface area contributed by atoms with E-state index in [1.165, 1.54) is 82.1 Å². The fraction of sp³-hybridized carbons (Fsp3) is 0.0222. The third-order valence-corrected chi connectivity index (χ3v) is 9.41. The molecule has 0 fully saturated rings. The predicted molar refractivity (Wildman–Crippen MR) is 198 cm³/mol. The molecule has 0 unspecified atom stereocenters. The van der Waals surface area contributed by atoms with Gasteiger partial charge < -0.3 is 4.57 Å². The molecule has 1 heteroatoms. The van der Waals surface area contributed by atoms with E-state index in [4.69, 9.17) is 0 Å². The average molecular weight is 586 g/mol. The molecule has 1 aromatic heterocycles. The number of rotatable bonds is 5. The van der Waals surface area contributed by atoms with Crippen molar-refractivity contribution < 1.29 is 0 Å². The van der Waals surface area contributed by atoms with Gasteiger partial charge >= 0.3 is 0 Å². The van der Waals surface area contributed by atoms with Crippen molar-refractivity contribution in [3.8, 4) is 16.8 Å². The van der Waals surface area contributed by atoms with E-state index in [-0.39, 0.29) is 0 Å². The monoisotopic (exact) mass is 585 g/mol. The summed E-state index contributed by atoms with van der Waals surface area (Å²) < 4.78 is 2.38. The first kappa shape index (κ1) is 26.5. The van der Waals surface area contributed by atoms with Crippen molar-refractivity contribution in [2.24, 2.45) is 0 Å². The van der Waals surface area contributed by atoms with Gasteiger partial charge in [-0.25, -0.2) is 0 Å². The maximum Gasteiger partial charge on any atom is 0.0541 e. The van der Waals surface area contributed by atoms with Crippen LogP contribution in [0.25, 0.3) is 77.0 Å². The summed E-state index contributed by atoms with van der Waals surface area (Å²) >= 11 is 0. The molecule has 0 aliphatic rings. The summed E-state index contributed by atoms with van der Waals surface area (Å²) in [4.78, 5) is 0. The highest BCUT2D eigenvalue weighted by molar-refractivity contribution is 6.25. The van der Waals surface area contributed by atoms with E-state index in [1.54, 1.807) is 0 Å². The molecule has 46 heavy (non-hydrogen) atoms. The van der Waals surface area contributed by atoms with Gasteiger partial charge in [-0.2, -0.15) is 0 Å². The molecule has 9 rings (SSSR count). The maximum absolute atomic E-state index is 2.38. The van der Waals surface area contributed by atoms with Crippen LogP contribution in [-0.2, 0) is 6.42 Å². The minimum Gasteiger partial charge on any atom is -0.309 e. The van der Waals surface area contributed by atoms with Crippen LogP contribution in [0.5, 0.6) is 0 Å². The summed E-state index contributed by atoms with van der Waals surface area (Å²) in [6.45, 7) is 0. The molecule has 0 saturated carbocycles. The first-order valence-electron chi connectivity index (χ1n) is 16.0. The van der Waals surface area contributed by atoms with Gasteiger partial charge in [0.15, 0.2) is 0 Å². The molecule has 0 saturated heterocycles. The molecule has 0 aliphatic carbocycles. The third kappa shape index (κ3) is 4.24. The minimum atomic E-state index is 0.852. The summed E-state index contributed by atoms with van der Waals surface area (Å²) in [7, 11) is 0. The molecule has 0 aliphatic heterocycles. The molecule has 0 radical (unpaired) electrons. The zero-order valence-electron chi connectivity index (χ0n) is 25.4. The molecule has 216 valence electrons. The molecule has 0 bridgehead atoms. The summed E-state index contributed by atoms with van der Waals surface area (Å²) in [6, 6.07) is 59.5. The van der Waals surface area contributed by atoms with E-state index in [0.29, 0.717) is 0 Å². The molecule has 0 atom stereocenters. The van der Waals surface area contributed by atoms with Gasteiger partial charge in [-0.3, -0.25) is 0 Å². The Bertz CT molecular complexity index is 2590. The third-order valence-electron chi connectivity index (χ3n) is 9.41. The van der Waals surface area contributed by atoms with Crippen LogP contribution in [0.2, 0.25) is 0 Å². The maximum atomic E-state index is 2.38. The first-order chi connectivity index (χ1) is 22.8. The predicted octanol–water partition coefficient (Wildman–Crippen LogP) is 12.2. The van der Waals surface area contributed by atoms with Crippen molar-refractivity contribution in [3.05, 3.63) is 181 Å². The van der Waals surface area contributed by atoms with Crippen molar-refractivity contribution in [2.75, 3.05) is 0 Å². The van der Waals surface area contributed by atoms with Crippen LogP contribution in [0.3, 0.4) is 0 Å². The largest absolute Gasteiger partial charge is 0.309 e. The van der Waals surface area contributed by atoms with Crippen molar-refractivity contribution >= 4 is 60.2 Å². The Morgan fingerprint density at radius 2 is 1.11 bits per heavy atom. The number of benzene rings is 8.